The molecule has 212 valence electrons. The Kier molecular flexibility index (Phi) is 7.89. The molecule has 4 rings (SSSR count). The van der Waals surface area contributed by atoms with Crippen molar-refractivity contribution >= 4 is 30.1 Å². The second-order valence-electron chi connectivity index (χ2n) is 9.31. The molecule has 1 aromatic heterocycles. The maximum absolute atomic E-state index is 15.1. The van der Waals surface area contributed by atoms with Crippen molar-refractivity contribution in [1.82, 2.24) is 10.3 Å². The molecule has 0 unspecified atom stereocenters. The molecular weight excluding hydrogens is 560 g/mol. The van der Waals surface area contributed by atoms with E-state index in [4.69, 9.17) is 4.74 Å². The van der Waals surface area contributed by atoms with Gasteiger partial charge in [0, 0.05) is 47.2 Å². The van der Waals surface area contributed by atoms with E-state index in [1.165, 1.54) is 38.8 Å². The molecule has 1 aliphatic heterocycles. The van der Waals surface area contributed by atoms with Crippen LogP contribution in [0.4, 0.5) is 27.8 Å². The molecule has 2 heterocycles. The van der Waals surface area contributed by atoms with Crippen LogP contribution in [0.3, 0.4) is 0 Å². The highest BCUT2D eigenvalue weighted by Crippen LogP contribution is 2.38. The molecule has 0 aliphatic carbocycles. The summed E-state index contributed by atoms with van der Waals surface area (Å²) in [6, 6.07) is 7.25. The van der Waals surface area contributed by atoms with Gasteiger partial charge in [-0.05, 0) is 49.7 Å². The van der Waals surface area contributed by atoms with E-state index in [2.05, 4.69) is 15.0 Å². The fourth-order valence-electron chi connectivity index (χ4n) is 4.31. The van der Waals surface area contributed by atoms with E-state index < -0.39 is 60.2 Å². The van der Waals surface area contributed by atoms with Gasteiger partial charge in [-0.3, -0.25) is 14.5 Å². The van der Waals surface area contributed by atoms with E-state index in [9.17, 15) is 27.3 Å². The number of nitrogens with zero attached hydrogens (tertiary/aromatic N) is 2. The summed E-state index contributed by atoms with van der Waals surface area (Å²) in [5.74, 6) is -5.51. The number of alkyl halides is 3. The summed E-state index contributed by atoms with van der Waals surface area (Å²) in [4.78, 5) is 31.9. The highest BCUT2D eigenvalue weighted by Gasteiger charge is 2.46. The van der Waals surface area contributed by atoms with Crippen LogP contribution < -0.4 is 25.0 Å². The van der Waals surface area contributed by atoms with Crippen LogP contribution in [0, 0.1) is 11.6 Å². The van der Waals surface area contributed by atoms with Gasteiger partial charge in [-0.25, -0.2) is 13.8 Å². The summed E-state index contributed by atoms with van der Waals surface area (Å²) in [6.07, 6.45) is -3.59. The van der Waals surface area contributed by atoms with E-state index >= 15 is 8.78 Å². The number of amides is 2. The van der Waals surface area contributed by atoms with Crippen molar-refractivity contribution in [2.24, 2.45) is 0 Å². The fraction of sp³-hybridized carbons (Fsp3) is 0.269. The third-order valence-corrected chi connectivity index (χ3v) is 7.76. The summed E-state index contributed by atoms with van der Waals surface area (Å²) in [6.45, 7) is 2.75. The number of nitrogens with one attached hydrogen (secondary N) is 1. The van der Waals surface area contributed by atoms with Crippen LogP contribution in [-0.4, -0.2) is 56.2 Å². The zero-order valence-corrected chi connectivity index (χ0v) is 22.2. The molecule has 2 atom stereocenters. The van der Waals surface area contributed by atoms with Crippen molar-refractivity contribution < 1.29 is 45.6 Å². The van der Waals surface area contributed by atoms with Crippen LogP contribution >= 0.6 is 7.14 Å². The number of pyridine rings is 1. The van der Waals surface area contributed by atoms with Crippen molar-refractivity contribution in [2.75, 3.05) is 31.9 Å². The van der Waals surface area contributed by atoms with Gasteiger partial charge < -0.3 is 19.4 Å². The Labute approximate surface area is 225 Å². The van der Waals surface area contributed by atoms with Gasteiger partial charge in [-0.2, -0.15) is 0 Å². The first-order valence-electron chi connectivity index (χ1n) is 11.7. The Morgan fingerprint density at radius 2 is 1.68 bits per heavy atom. The molecule has 0 radical (unpaired) electrons. The Bertz CT molecular complexity index is 1470. The smallest absolute Gasteiger partial charge is 0.497 e. The number of hydrogen-bond acceptors (Lipinski definition) is 6. The molecule has 2 aromatic carbocycles. The van der Waals surface area contributed by atoms with Crippen LogP contribution in [0.5, 0.6) is 11.5 Å². The topological polar surface area (TPSA) is 97.8 Å². The number of ether oxygens (including phenoxy) is 2. The number of aromatic nitrogens is 1. The van der Waals surface area contributed by atoms with E-state index in [-0.39, 0.29) is 23.7 Å². The Balaban J connectivity index is 1.70. The molecule has 1 aliphatic rings. The average Bonchev–Trinajstić information content (AvgIpc) is 3.18. The minimum Gasteiger partial charge on any atom is -0.497 e. The van der Waals surface area contributed by atoms with Gasteiger partial charge in [-0.1, -0.05) is 0 Å². The highest BCUT2D eigenvalue weighted by atomic mass is 31.2. The third kappa shape index (κ3) is 6.25. The van der Waals surface area contributed by atoms with Gasteiger partial charge in [0.15, 0.2) is 0 Å². The number of benzene rings is 2. The predicted molar refractivity (Wildman–Crippen MR) is 136 cm³/mol. The molecule has 1 fully saturated rings. The number of hydrogen-bond donors (Lipinski definition) is 1. The molecule has 8 nitrogen and oxygen atoms in total. The maximum Gasteiger partial charge on any atom is 0.573 e. The molecule has 40 heavy (non-hydrogen) atoms. The van der Waals surface area contributed by atoms with Crippen LogP contribution in [0.15, 0.2) is 54.7 Å². The zero-order valence-electron chi connectivity index (χ0n) is 21.3. The molecule has 0 bridgehead atoms. The molecule has 1 saturated heterocycles. The number of carbonyl (C=O) groups is 2. The Hall–Kier alpha value is -3.99. The first-order valence-corrected chi connectivity index (χ1v) is 14.3. The number of methoxy groups -OCH3 is 1. The van der Waals surface area contributed by atoms with Crippen LogP contribution in [0.1, 0.15) is 21.8 Å². The predicted octanol–water partition coefficient (Wildman–Crippen LogP) is 4.44. The number of rotatable bonds is 7. The minimum absolute atomic E-state index is 0.0659. The number of halogens is 5. The van der Waals surface area contributed by atoms with Gasteiger partial charge >= 0.3 is 6.36 Å². The first-order chi connectivity index (χ1) is 18.7. The van der Waals surface area contributed by atoms with E-state index in [0.717, 1.165) is 41.3 Å². The van der Waals surface area contributed by atoms with Crippen LogP contribution in [-0.2, 0) is 9.36 Å². The zero-order chi connectivity index (χ0) is 29.4. The summed E-state index contributed by atoms with van der Waals surface area (Å²) >= 11 is 0. The molecule has 1 N–H and O–H groups in total. The van der Waals surface area contributed by atoms with Crippen molar-refractivity contribution in [1.29, 1.82) is 0 Å². The van der Waals surface area contributed by atoms with Crippen molar-refractivity contribution in [3.63, 3.8) is 0 Å². The normalized spacial score (nSPS) is 17.6. The largest absolute Gasteiger partial charge is 0.573 e. The van der Waals surface area contributed by atoms with Gasteiger partial charge in [0.25, 0.3) is 11.8 Å². The standard InChI is InChI=1S/C26H23F5N3O5P/c1-38-16-10-19(27)22(20(28)11-16)18-13-34(21-12-17(8-9-32-21)40(2,3)37)25(36)23(18)33-24(35)14-4-6-15(7-5-14)39-26(29,30)31/h4-12,18,23H,13H2,1-3H3,(H,33,35)/t18-,23-/m0/s1. The molecule has 14 heteroatoms. The second kappa shape index (κ2) is 10.9. The lowest BCUT2D eigenvalue weighted by molar-refractivity contribution is -0.274. The van der Waals surface area contributed by atoms with Gasteiger partial charge in [-0.15, -0.1) is 13.2 Å². The number of anilines is 1. The monoisotopic (exact) mass is 583 g/mol. The summed E-state index contributed by atoms with van der Waals surface area (Å²) in [7, 11) is -1.54. The van der Waals surface area contributed by atoms with Crippen LogP contribution in [0.25, 0.3) is 0 Å². The lowest BCUT2D eigenvalue weighted by atomic mass is 9.92. The SMILES string of the molecule is COc1cc(F)c([C@@H]2CN(c3cc(P(C)(C)=O)ccn3)C(=O)[C@H]2NC(=O)c2ccc(OC(F)(F)F)cc2)c(F)c1. The third-order valence-electron chi connectivity index (χ3n) is 6.24. The molecule has 3 aromatic rings. The minimum atomic E-state index is -4.93. The fourth-order valence-corrected chi connectivity index (χ4v) is 5.17. The van der Waals surface area contributed by atoms with Crippen molar-refractivity contribution in [3.05, 3.63) is 77.5 Å². The van der Waals surface area contributed by atoms with Crippen molar-refractivity contribution in [2.45, 2.75) is 18.3 Å². The lowest BCUT2D eigenvalue weighted by Gasteiger charge is -2.20. The van der Waals surface area contributed by atoms with Gasteiger partial charge in [0.2, 0.25) is 0 Å². The summed E-state index contributed by atoms with van der Waals surface area (Å²) < 4.78 is 88.9. The Morgan fingerprint density at radius 3 is 2.23 bits per heavy atom. The molecular formula is C26H23F5N3O5P. The molecule has 0 spiro atoms. The Morgan fingerprint density at radius 1 is 1.05 bits per heavy atom. The second-order valence-corrected chi connectivity index (χ2v) is 12.5. The average molecular weight is 583 g/mol. The van der Waals surface area contributed by atoms with Gasteiger partial charge in [0.1, 0.15) is 42.1 Å². The van der Waals surface area contributed by atoms with E-state index in [0.29, 0.717) is 5.30 Å². The van der Waals surface area contributed by atoms with Crippen LogP contribution in [0.2, 0.25) is 0 Å². The number of carbonyl (C=O) groups excluding carboxylic acids is 2. The van der Waals surface area contributed by atoms with E-state index in [1.54, 1.807) is 0 Å². The molecule has 2 amide bonds. The quantitative estimate of drug-likeness (QED) is 0.326. The maximum atomic E-state index is 15.1. The lowest BCUT2D eigenvalue weighted by Crippen LogP contribution is -2.44. The summed E-state index contributed by atoms with van der Waals surface area (Å²) in [5.41, 5.74) is -0.614. The van der Waals surface area contributed by atoms with E-state index in [1.807, 2.05) is 0 Å². The first kappa shape index (κ1) is 29.0. The van der Waals surface area contributed by atoms with Gasteiger partial charge in [0.05, 0.1) is 7.11 Å². The molecule has 0 saturated carbocycles. The van der Waals surface area contributed by atoms with Crippen molar-refractivity contribution in [3.8, 4) is 11.5 Å². The summed E-state index contributed by atoms with van der Waals surface area (Å²) in [5, 5.41) is 2.86. The highest BCUT2D eigenvalue weighted by molar-refractivity contribution is 7.70.